The molecule has 0 aliphatic rings. The first-order valence-corrected chi connectivity index (χ1v) is 7.22. The first-order valence-electron chi connectivity index (χ1n) is 5.33. The topological polar surface area (TPSA) is 60.4 Å². The van der Waals surface area contributed by atoms with Gasteiger partial charge in [-0.1, -0.05) is 13.0 Å². The highest BCUT2D eigenvalue weighted by molar-refractivity contribution is 7.90. The third-order valence-electron chi connectivity index (χ3n) is 2.68. The van der Waals surface area contributed by atoms with Crippen LogP contribution in [0.2, 0.25) is 0 Å². The van der Waals surface area contributed by atoms with Crippen molar-refractivity contribution in [1.29, 1.82) is 0 Å². The molecule has 0 fully saturated rings. The van der Waals surface area contributed by atoms with Crippen LogP contribution in [0, 0.1) is 5.82 Å². The number of benzene rings is 1. The van der Waals surface area contributed by atoms with Crippen LogP contribution in [0.1, 0.15) is 24.8 Å². The number of rotatable bonds is 5. The summed E-state index contributed by atoms with van der Waals surface area (Å²) in [6.45, 7) is 1.74. The first-order chi connectivity index (χ1) is 8.32. The van der Waals surface area contributed by atoms with Gasteiger partial charge in [0, 0.05) is 18.2 Å². The van der Waals surface area contributed by atoms with Gasteiger partial charge in [0.05, 0.1) is 7.11 Å². The van der Waals surface area contributed by atoms with Gasteiger partial charge < -0.3 is 9.53 Å². The molecule has 0 heterocycles. The summed E-state index contributed by atoms with van der Waals surface area (Å²) in [6.07, 6.45) is 1.87. The van der Waals surface area contributed by atoms with E-state index < -0.39 is 20.5 Å². The van der Waals surface area contributed by atoms with Gasteiger partial charge in [-0.05, 0) is 12.0 Å². The van der Waals surface area contributed by atoms with Crippen molar-refractivity contribution in [3.63, 3.8) is 0 Å². The Morgan fingerprint density at radius 1 is 1.44 bits per heavy atom. The van der Waals surface area contributed by atoms with Crippen LogP contribution in [0.4, 0.5) is 4.39 Å². The van der Waals surface area contributed by atoms with Crippen molar-refractivity contribution in [3.8, 4) is 5.75 Å². The van der Waals surface area contributed by atoms with Gasteiger partial charge >= 0.3 is 0 Å². The molecule has 1 aromatic rings. The van der Waals surface area contributed by atoms with E-state index in [0.29, 0.717) is 5.56 Å². The molecule has 0 bridgehead atoms. The van der Waals surface area contributed by atoms with Crippen molar-refractivity contribution in [2.75, 3.05) is 13.4 Å². The number of hydrogen-bond donors (Lipinski definition) is 0. The lowest BCUT2D eigenvalue weighted by Crippen LogP contribution is -2.06. The number of ether oxygens (including phenoxy) is 1. The van der Waals surface area contributed by atoms with Gasteiger partial charge in [-0.25, -0.2) is 12.8 Å². The van der Waals surface area contributed by atoms with Gasteiger partial charge in [-0.15, -0.1) is 0 Å². The molecule has 1 atom stereocenters. The van der Waals surface area contributed by atoms with Crippen LogP contribution in [-0.2, 0) is 14.6 Å². The zero-order chi connectivity index (χ0) is 13.9. The van der Waals surface area contributed by atoms with Gasteiger partial charge in [0.2, 0.25) is 0 Å². The summed E-state index contributed by atoms with van der Waals surface area (Å²) in [4.78, 5) is 10.1. The Morgan fingerprint density at radius 3 is 2.50 bits per heavy atom. The van der Waals surface area contributed by atoms with Crippen molar-refractivity contribution in [2.24, 2.45) is 0 Å². The standard InChI is InChI=1S/C12H15FO4S/c1-8(6-7-14)9-4-5-10(18(3,15)16)11(13)12(9)17-2/h4-5,7-8H,6H2,1-3H3. The van der Waals surface area contributed by atoms with E-state index in [2.05, 4.69) is 0 Å². The summed E-state index contributed by atoms with van der Waals surface area (Å²) in [7, 11) is -2.38. The molecular weight excluding hydrogens is 259 g/mol. The molecule has 4 nitrogen and oxygen atoms in total. The van der Waals surface area contributed by atoms with E-state index in [0.717, 1.165) is 12.5 Å². The zero-order valence-corrected chi connectivity index (χ0v) is 11.3. The van der Waals surface area contributed by atoms with Crippen LogP contribution < -0.4 is 4.74 Å². The largest absolute Gasteiger partial charge is 0.493 e. The highest BCUT2D eigenvalue weighted by atomic mass is 32.2. The smallest absolute Gasteiger partial charge is 0.183 e. The first kappa shape index (κ1) is 14.6. The third kappa shape index (κ3) is 2.87. The number of carbonyl (C=O) groups excluding carboxylic acids is 1. The second-order valence-corrected chi connectivity index (χ2v) is 6.06. The minimum Gasteiger partial charge on any atom is -0.493 e. The minimum absolute atomic E-state index is 0.118. The van der Waals surface area contributed by atoms with E-state index in [1.54, 1.807) is 6.92 Å². The number of carbonyl (C=O) groups is 1. The highest BCUT2D eigenvalue weighted by Gasteiger charge is 2.22. The summed E-state index contributed by atoms with van der Waals surface area (Å²) in [5, 5.41) is 0. The number of halogens is 1. The van der Waals surface area contributed by atoms with Crippen LogP contribution in [0.25, 0.3) is 0 Å². The van der Waals surface area contributed by atoms with Gasteiger partial charge in [0.25, 0.3) is 0 Å². The molecule has 0 aliphatic carbocycles. The Hall–Kier alpha value is -1.43. The SMILES string of the molecule is COc1c(C(C)CC=O)ccc(S(C)(=O)=O)c1F. The molecule has 0 saturated heterocycles. The lowest BCUT2D eigenvalue weighted by atomic mass is 9.97. The summed E-state index contributed by atoms with van der Waals surface area (Å²) in [6, 6.07) is 2.68. The van der Waals surface area contributed by atoms with Gasteiger partial charge in [0.1, 0.15) is 11.2 Å². The molecule has 0 radical (unpaired) electrons. The molecule has 100 valence electrons. The summed E-state index contributed by atoms with van der Waals surface area (Å²) in [5.74, 6) is -1.26. The van der Waals surface area contributed by atoms with Crippen LogP contribution >= 0.6 is 0 Å². The van der Waals surface area contributed by atoms with Crippen LogP contribution in [-0.4, -0.2) is 28.1 Å². The van der Waals surface area contributed by atoms with Gasteiger partial charge in [-0.3, -0.25) is 0 Å². The third-order valence-corrected chi connectivity index (χ3v) is 3.79. The zero-order valence-electron chi connectivity index (χ0n) is 10.4. The van der Waals surface area contributed by atoms with Crippen molar-refractivity contribution >= 4 is 16.1 Å². The van der Waals surface area contributed by atoms with E-state index in [-0.39, 0.29) is 18.1 Å². The molecule has 1 rings (SSSR count). The Bertz CT molecular complexity index is 551. The summed E-state index contributed by atoms with van der Waals surface area (Å²) in [5.41, 5.74) is 0.481. The van der Waals surface area contributed by atoms with E-state index in [1.165, 1.54) is 19.2 Å². The second kappa shape index (κ2) is 5.48. The second-order valence-electron chi connectivity index (χ2n) is 4.08. The molecule has 6 heteroatoms. The minimum atomic E-state index is -3.65. The lowest BCUT2D eigenvalue weighted by molar-refractivity contribution is -0.108. The molecule has 0 aromatic heterocycles. The molecule has 0 spiro atoms. The van der Waals surface area contributed by atoms with Crippen molar-refractivity contribution in [2.45, 2.75) is 24.2 Å². The number of methoxy groups -OCH3 is 1. The maximum absolute atomic E-state index is 14.0. The van der Waals surface area contributed by atoms with Crippen molar-refractivity contribution < 1.29 is 22.3 Å². The fraction of sp³-hybridized carbons (Fsp3) is 0.417. The monoisotopic (exact) mass is 274 g/mol. The average Bonchev–Trinajstić information content (AvgIpc) is 2.27. The van der Waals surface area contributed by atoms with Crippen molar-refractivity contribution in [3.05, 3.63) is 23.5 Å². The predicted octanol–water partition coefficient (Wildman–Crippen LogP) is 1.93. The van der Waals surface area contributed by atoms with E-state index in [1.807, 2.05) is 0 Å². The average molecular weight is 274 g/mol. The van der Waals surface area contributed by atoms with E-state index in [4.69, 9.17) is 4.74 Å². The Balaban J connectivity index is 3.42. The number of hydrogen-bond acceptors (Lipinski definition) is 4. The van der Waals surface area contributed by atoms with Gasteiger partial charge in [-0.2, -0.15) is 0 Å². The Kier molecular flexibility index (Phi) is 4.45. The Labute approximate surface area is 106 Å². The molecular formula is C12H15FO4S. The molecule has 0 amide bonds. The van der Waals surface area contributed by atoms with E-state index >= 15 is 0 Å². The molecule has 1 aromatic carbocycles. The van der Waals surface area contributed by atoms with Crippen molar-refractivity contribution in [1.82, 2.24) is 0 Å². The molecule has 0 saturated carbocycles. The summed E-state index contributed by atoms with van der Waals surface area (Å²) >= 11 is 0. The number of aldehydes is 1. The van der Waals surface area contributed by atoms with Crippen LogP contribution in [0.3, 0.4) is 0 Å². The molecule has 1 unspecified atom stereocenters. The maximum Gasteiger partial charge on any atom is 0.183 e. The Morgan fingerprint density at radius 2 is 2.06 bits per heavy atom. The fourth-order valence-electron chi connectivity index (χ4n) is 1.71. The fourth-order valence-corrected chi connectivity index (χ4v) is 2.44. The maximum atomic E-state index is 14.0. The normalized spacial score (nSPS) is 13.1. The quantitative estimate of drug-likeness (QED) is 0.770. The predicted molar refractivity (Wildman–Crippen MR) is 65.2 cm³/mol. The highest BCUT2D eigenvalue weighted by Crippen LogP contribution is 2.34. The molecule has 0 N–H and O–H groups in total. The van der Waals surface area contributed by atoms with E-state index in [9.17, 15) is 17.6 Å². The van der Waals surface area contributed by atoms with Gasteiger partial charge in [0.15, 0.2) is 21.4 Å². The number of sulfone groups is 1. The lowest BCUT2D eigenvalue weighted by Gasteiger charge is -2.15. The summed E-state index contributed by atoms with van der Waals surface area (Å²) < 4.78 is 41.7. The molecule has 0 aliphatic heterocycles. The van der Waals surface area contributed by atoms with Crippen LogP contribution in [0.15, 0.2) is 17.0 Å². The van der Waals surface area contributed by atoms with Crippen LogP contribution in [0.5, 0.6) is 5.75 Å². The molecule has 18 heavy (non-hydrogen) atoms.